The molecule has 1 atom stereocenters. The monoisotopic (exact) mass is 360 g/mol. The average molecular weight is 360 g/mol. The molecule has 3 aromatic rings. The van der Waals surface area contributed by atoms with E-state index >= 15 is 0 Å². The van der Waals surface area contributed by atoms with E-state index in [1.54, 1.807) is 18.2 Å². The van der Waals surface area contributed by atoms with Crippen molar-refractivity contribution in [3.63, 3.8) is 0 Å². The third-order valence-corrected chi connectivity index (χ3v) is 5.13. The summed E-state index contributed by atoms with van der Waals surface area (Å²) in [6.07, 6.45) is -0.499. The van der Waals surface area contributed by atoms with Crippen molar-refractivity contribution in [3.8, 4) is 0 Å². The minimum atomic E-state index is -1.33. The number of likely N-dealkylation sites (N-methyl/N-ethyl adjacent to an activating group) is 1. The van der Waals surface area contributed by atoms with Crippen LogP contribution >= 0.6 is 0 Å². The zero-order chi connectivity index (χ0) is 19.0. The second kappa shape index (κ2) is 6.45. The van der Waals surface area contributed by atoms with Crippen molar-refractivity contribution < 1.29 is 15.0 Å². The summed E-state index contributed by atoms with van der Waals surface area (Å²) in [5, 5.41) is 24.6. The molecule has 5 heteroatoms. The number of carboxylic acids is 1. The molecule has 3 aromatic carbocycles. The maximum absolute atomic E-state index is 12.0. The number of aromatic carboxylic acids is 1. The smallest absolute Gasteiger partial charge is 0.335 e. The molecule has 0 amide bonds. The van der Waals surface area contributed by atoms with Crippen LogP contribution in [0.2, 0.25) is 0 Å². The van der Waals surface area contributed by atoms with Crippen LogP contribution in [0.5, 0.6) is 0 Å². The Hall–Kier alpha value is -3.31. The van der Waals surface area contributed by atoms with Gasteiger partial charge in [0.25, 0.3) is 0 Å². The van der Waals surface area contributed by atoms with Gasteiger partial charge in [-0.05, 0) is 29.3 Å². The van der Waals surface area contributed by atoms with Crippen molar-refractivity contribution in [2.75, 3.05) is 17.3 Å². The molecule has 0 fully saturated rings. The zero-order valence-corrected chi connectivity index (χ0v) is 14.8. The van der Waals surface area contributed by atoms with Crippen molar-refractivity contribution in [2.24, 2.45) is 0 Å². The molecule has 3 N–H and O–H groups in total. The first-order valence-corrected chi connectivity index (χ1v) is 8.72. The first-order chi connectivity index (χ1) is 13.0. The van der Waals surface area contributed by atoms with Gasteiger partial charge in [0.15, 0.2) is 5.60 Å². The van der Waals surface area contributed by atoms with Gasteiger partial charge < -0.3 is 20.4 Å². The highest BCUT2D eigenvalue weighted by molar-refractivity contribution is 5.92. The van der Waals surface area contributed by atoms with Crippen molar-refractivity contribution >= 4 is 17.3 Å². The highest BCUT2D eigenvalue weighted by Gasteiger charge is 2.46. The minimum absolute atomic E-state index is 0.214. The summed E-state index contributed by atoms with van der Waals surface area (Å²) in [7, 11) is 1.85. The Morgan fingerprint density at radius 2 is 1.52 bits per heavy atom. The van der Waals surface area contributed by atoms with E-state index in [1.165, 1.54) is 0 Å². The zero-order valence-electron chi connectivity index (χ0n) is 14.8. The van der Waals surface area contributed by atoms with Gasteiger partial charge in [0, 0.05) is 7.05 Å². The fraction of sp³-hybridized carbons (Fsp3) is 0.136. The molecule has 0 saturated carbocycles. The van der Waals surface area contributed by atoms with Gasteiger partial charge in [0.1, 0.15) is 6.17 Å². The molecular formula is C22H20N2O3. The molecule has 0 spiro atoms. The number of fused-ring (bicyclic) bond motifs is 1. The van der Waals surface area contributed by atoms with Crippen molar-refractivity contribution in [3.05, 3.63) is 95.6 Å². The summed E-state index contributed by atoms with van der Waals surface area (Å²) in [6, 6.07) is 23.9. The molecule has 0 saturated heterocycles. The van der Waals surface area contributed by atoms with Crippen LogP contribution in [0, 0.1) is 0 Å². The van der Waals surface area contributed by atoms with Crippen molar-refractivity contribution in [1.82, 2.24) is 0 Å². The number of nitrogens with zero attached hydrogens (tertiary/aromatic N) is 1. The third-order valence-electron chi connectivity index (χ3n) is 5.13. The fourth-order valence-corrected chi connectivity index (χ4v) is 3.71. The summed E-state index contributed by atoms with van der Waals surface area (Å²) in [5.74, 6) is -0.976. The lowest BCUT2D eigenvalue weighted by Gasteiger charge is -2.39. The molecule has 27 heavy (non-hydrogen) atoms. The number of benzene rings is 3. The predicted octanol–water partition coefficient (Wildman–Crippen LogP) is 3.51. The molecule has 1 aliphatic rings. The number of carboxylic acid groups (broad SMARTS) is 1. The van der Waals surface area contributed by atoms with Gasteiger partial charge in [0.05, 0.1) is 16.9 Å². The van der Waals surface area contributed by atoms with Gasteiger partial charge in [-0.3, -0.25) is 0 Å². The number of aliphatic hydroxyl groups is 1. The van der Waals surface area contributed by atoms with E-state index < -0.39 is 17.7 Å². The van der Waals surface area contributed by atoms with E-state index in [4.69, 9.17) is 0 Å². The Labute approximate surface area is 157 Å². The van der Waals surface area contributed by atoms with Gasteiger partial charge in [-0.15, -0.1) is 0 Å². The molecule has 1 unspecified atom stereocenters. The minimum Gasteiger partial charge on any atom is -0.478 e. The molecule has 0 aliphatic carbocycles. The van der Waals surface area contributed by atoms with E-state index in [0.29, 0.717) is 0 Å². The Bertz CT molecular complexity index is 934. The molecule has 5 nitrogen and oxygen atoms in total. The van der Waals surface area contributed by atoms with E-state index in [1.807, 2.05) is 72.6 Å². The largest absolute Gasteiger partial charge is 0.478 e. The highest BCUT2D eigenvalue weighted by Crippen LogP contribution is 2.43. The number of carbonyl (C=O) groups is 1. The molecule has 1 heterocycles. The Morgan fingerprint density at radius 1 is 0.963 bits per heavy atom. The molecule has 1 aliphatic heterocycles. The van der Waals surface area contributed by atoms with Crippen molar-refractivity contribution in [1.29, 1.82) is 0 Å². The molecule has 0 aromatic heterocycles. The van der Waals surface area contributed by atoms with Gasteiger partial charge >= 0.3 is 5.97 Å². The summed E-state index contributed by atoms with van der Waals surface area (Å²) >= 11 is 0. The SMILES string of the molecule is CN1c2cc(C(=O)O)ccc2NC1C(O)(c1ccccc1)c1ccccc1. The second-order valence-corrected chi connectivity index (χ2v) is 6.69. The summed E-state index contributed by atoms with van der Waals surface area (Å²) in [5.41, 5.74) is 1.92. The van der Waals surface area contributed by atoms with Crippen LogP contribution in [0.3, 0.4) is 0 Å². The molecule has 136 valence electrons. The quantitative estimate of drug-likeness (QED) is 0.664. The predicted molar refractivity (Wildman–Crippen MR) is 105 cm³/mol. The topological polar surface area (TPSA) is 72.8 Å². The van der Waals surface area contributed by atoms with Crippen LogP contribution in [0.1, 0.15) is 21.5 Å². The maximum Gasteiger partial charge on any atom is 0.335 e. The standard InChI is InChI=1S/C22H20N2O3/c1-24-19-14-15(20(25)26)12-13-18(19)23-21(24)22(27,16-8-4-2-5-9-16)17-10-6-3-7-11-17/h2-14,21,23,27H,1H3,(H,25,26). The van der Waals surface area contributed by atoms with E-state index in [0.717, 1.165) is 22.5 Å². The Kier molecular flexibility index (Phi) is 4.09. The Morgan fingerprint density at radius 3 is 2.04 bits per heavy atom. The van der Waals surface area contributed by atoms with Crippen LogP contribution < -0.4 is 10.2 Å². The van der Waals surface area contributed by atoms with Gasteiger partial charge in [-0.1, -0.05) is 60.7 Å². The third kappa shape index (κ3) is 2.73. The first kappa shape index (κ1) is 17.1. The lowest BCUT2D eigenvalue weighted by atomic mass is 9.83. The van der Waals surface area contributed by atoms with E-state index in [2.05, 4.69) is 5.32 Å². The lowest BCUT2D eigenvalue weighted by Crippen LogP contribution is -2.52. The number of anilines is 2. The average Bonchev–Trinajstić information content (AvgIpc) is 3.05. The number of nitrogens with one attached hydrogen (secondary N) is 1. The summed E-state index contributed by atoms with van der Waals surface area (Å²) in [4.78, 5) is 13.2. The second-order valence-electron chi connectivity index (χ2n) is 6.69. The fourth-order valence-electron chi connectivity index (χ4n) is 3.71. The van der Waals surface area contributed by atoms with Gasteiger partial charge in [-0.2, -0.15) is 0 Å². The van der Waals surface area contributed by atoms with Crippen LogP contribution in [0.25, 0.3) is 0 Å². The maximum atomic E-state index is 12.0. The van der Waals surface area contributed by atoms with Crippen LogP contribution in [-0.2, 0) is 5.60 Å². The number of hydrogen-bond acceptors (Lipinski definition) is 4. The normalized spacial score (nSPS) is 15.9. The summed E-state index contributed by atoms with van der Waals surface area (Å²) < 4.78 is 0. The molecule has 0 bridgehead atoms. The lowest BCUT2D eigenvalue weighted by molar-refractivity contribution is 0.0611. The van der Waals surface area contributed by atoms with E-state index in [-0.39, 0.29) is 5.56 Å². The molecule has 0 radical (unpaired) electrons. The molecule has 4 rings (SSSR count). The van der Waals surface area contributed by atoms with Crippen molar-refractivity contribution in [2.45, 2.75) is 11.8 Å². The van der Waals surface area contributed by atoms with E-state index in [9.17, 15) is 15.0 Å². The van der Waals surface area contributed by atoms with Gasteiger partial charge in [0.2, 0.25) is 0 Å². The van der Waals surface area contributed by atoms with Gasteiger partial charge in [-0.25, -0.2) is 4.79 Å². The summed E-state index contributed by atoms with van der Waals surface area (Å²) in [6.45, 7) is 0. The number of rotatable bonds is 4. The number of hydrogen-bond donors (Lipinski definition) is 3. The van der Waals surface area contributed by atoms with Crippen LogP contribution in [-0.4, -0.2) is 29.4 Å². The molecular weight excluding hydrogens is 340 g/mol. The van der Waals surface area contributed by atoms with Crippen LogP contribution in [0.4, 0.5) is 11.4 Å². The Balaban J connectivity index is 1.84. The first-order valence-electron chi connectivity index (χ1n) is 8.72. The highest BCUT2D eigenvalue weighted by atomic mass is 16.4. The van der Waals surface area contributed by atoms with Crippen LogP contribution in [0.15, 0.2) is 78.9 Å².